The summed E-state index contributed by atoms with van der Waals surface area (Å²) in [5, 5.41) is 0.966. The Morgan fingerprint density at radius 2 is 2.00 bits per heavy atom. The Kier molecular flexibility index (Phi) is 2.96. The van der Waals surface area contributed by atoms with Crippen molar-refractivity contribution in [2.45, 2.75) is 24.8 Å². The van der Waals surface area contributed by atoms with E-state index in [-0.39, 0.29) is 18.8 Å². The minimum atomic E-state index is -3.21. The monoisotopic (exact) mass is 225 g/mol. The Morgan fingerprint density at radius 1 is 1.50 bits per heavy atom. The van der Waals surface area contributed by atoms with Crippen molar-refractivity contribution >= 4 is 9.84 Å². The van der Waals surface area contributed by atoms with Gasteiger partial charge in [-0.25, -0.2) is 17.2 Å². The van der Waals surface area contributed by atoms with Crippen molar-refractivity contribution in [1.82, 2.24) is 0 Å². The van der Waals surface area contributed by atoms with Crippen molar-refractivity contribution in [2.75, 3.05) is 6.26 Å². The fourth-order valence-electron chi connectivity index (χ4n) is 1.37. The summed E-state index contributed by atoms with van der Waals surface area (Å²) in [5.74, 6) is -2.91. The van der Waals surface area contributed by atoms with Gasteiger partial charge in [-0.2, -0.15) is 0 Å². The zero-order chi connectivity index (χ0) is 11.0. The highest BCUT2D eigenvalue weighted by atomic mass is 32.2. The smallest absolute Gasteiger partial charge is 0.248 e. The van der Waals surface area contributed by atoms with Crippen molar-refractivity contribution in [1.29, 1.82) is 0 Å². The fourth-order valence-corrected chi connectivity index (χ4v) is 1.84. The molecular weight excluding hydrogens is 212 g/mol. The highest BCUT2D eigenvalue weighted by Gasteiger charge is 2.46. The van der Waals surface area contributed by atoms with Crippen molar-refractivity contribution in [2.24, 2.45) is 11.7 Å². The van der Waals surface area contributed by atoms with Crippen molar-refractivity contribution in [3.63, 3.8) is 0 Å². The maximum Gasteiger partial charge on any atom is 0.248 e. The number of alkyl halides is 2. The van der Waals surface area contributed by atoms with Gasteiger partial charge in [0.05, 0.1) is 0 Å². The van der Waals surface area contributed by atoms with Crippen molar-refractivity contribution < 1.29 is 17.2 Å². The van der Waals surface area contributed by atoms with Crippen molar-refractivity contribution in [3.8, 4) is 0 Å². The minimum absolute atomic E-state index is 0.248. The van der Waals surface area contributed by atoms with Crippen LogP contribution in [0.15, 0.2) is 11.5 Å². The van der Waals surface area contributed by atoms with E-state index in [4.69, 9.17) is 5.73 Å². The number of sulfone groups is 1. The lowest BCUT2D eigenvalue weighted by molar-refractivity contribution is -0.112. The number of halogens is 2. The molecule has 0 aliphatic heterocycles. The molecule has 1 aliphatic rings. The van der Waals surface area contributed by atoms with E-state index in [0.29, 0.717) is 0 Å². The average molecular weight is 225 g/mol. The second-order valence-electron chi connectivity index (χ2n) is 3.76. The molecule has 3 nitrogen and oxygen atoms in total. The van der Waals surface area contributed by atoms with Crippen LogP contribution in [0.1, 0.15) is 12.8 Å². The van der Waals surface area contributed by atoms with Crippen molar-refractivity contribution in [3.05, 3.63) is 11.5 Å². The molecule has 0 aromatic heterocycles. The topological polar surface area (TPSA) is 60.2 Å². The normalized spacial score (nSPS) is 24.9. The lowest BCUT2D eigenvalue weighted by Crippen LogP contribution is -2.44. The molecule has 82 valence electrons. The Labute approximate surface area is 81.9 Å². The molecule has 0 radical (unpaired) electrons. The van der Waals surface area contributed by atoms with Gasteiger partial charge in [-0.15, -0.1) is 0 Å². The van der Waals surface area contributed by atoms with Crippen LogP contribution in [0.3, 0.4) is 0 Å². The molecule has 0 amide bonds. The summed E-state index contributed by atoms with van der Waals surface area (Å²) in [4.78, 5) is 0. The fraction of sp³-hybridized carbons (Fsp3) is 0.750. The third kappa shape index (κ3) is 3.34. The summed E-state index contributed by atoms with van der Waals surface area (Å²) in [5.41, 5.74) is 5.52. The Bertz CT molecular complexity index is 329. The van der Waals surface area contributed by atoms with Gasteiger partial charge in [0.1, 0.15) is 0 Å². The Balaban J connectivity index is 2.46. The second-order valence-corrected chi connectivity index (χ2v) is 5.69. The zero-order valence-corrected chi connectivity index (χ0v) is 8.60. The van der Waals surface area contributed by atoms with Gasteiger partial charge in [-0.3, -0.25) is 0 Å². The first-order valence-electron chi connectivity index (χ1n) is 4.21. The van der Waals surface area contributed by atoms with Gasteiger partial charge in [-0.05, 0) is 5.92 Å². The molecule has 0 spiro atoms. The van der Waals surface area contributed by atoms with E-state index >= 15 is 0 Å². The largest absolute Gasteiger partial charge is 0.324 e. The number of hydrogen-bond acceptors (Lipinski definition) is 3. The Hall–Kier alpha value is -0.490. The van der Waals surface area contributed by atoms with E-state index < -0.39 is 21.8 Å². The van der Waals surface area contributed by atoms with Crippen LogP contribution < -0.4 is 5.73 Å². The zero-order valence-electron chi connectivity index (χ0n) is 7.78. The van der Waals surface area contributed by atoms with Crippen LogP contribution in [0, 0.1) is 5.92 Å². The first kappa shape index (κ1) is 11.6. The quantitative estimate of drug-likeness (QED) is 0.776. The Morgan fingerprint density at radius 3 is 2.36 bits per heavy atom. The van der Waals surface area contributed by atoms with E-state index in [1.165, 1.54) is 6.08 Å². The molecule has 0 aromatic rings. The van der Waals surface area contributed by atoms with Crippen LogP contribution in [-0.2, 0) is 9.84 Å². The first-order valence-corrected chi connectivity index (χ1v) is 6.17. The predicted molar refractivity (Wildman–Crippen MR) is 49.6 cm³/mol. The molecule has 1 saturated carbocycles. The van der Waals surface area contributed by atoms with Crippen LogP contribution >= 0.6 is 0 Å². The van der Waals surface area contributed by atoms with Gasteiger partial charge >= 0.3 is 0 Å². The van der Waals surface area contributed by atoms with Gasteiger partial charge in [-0.1, -0.05) is 6.08 Å². The summed E-state index contributed by atoms with van der Waals surface area (Å²) in [7, 11) is -3.21. The molecule has 1 fully saturated rings. The van der Waals surface area contributed by atoms with Crippen LogP contribution in [-0.4, -0.2) is 26.6 Å². The minimum Gasteiger partial charge on any atom is -0.324 e. The van der Waals surface area contributed by atoms with Gasteiger partial charge in [0, 0.05) is 30.5 Å². The molecule has 1 rings (SSSR count). The molecule has 0 saturated heterocycles. The van der Waals surface area contributed by atoms with E-state index in [2.05, 4.69) is 0 Å². The maximum absolute atomic E-state index is 12.4. The lowest BCUT2D eigenvalue weighted by atomic mass is 9.77. The number of hydrogen-bond donors (Lipinski definition) is 1. The molecule has 2 N–H and O–H groups in total. The maximum atomic E-state index is 12.4. The molecule has 0 heterocycles. The van der Waals surface area contributed by atoms with Crippen LogP contribution in [0.25, 0.3) is 0 Å². The second kappa shape index (κ2) is 3.58. The van der Waals surface area contributed by atoms with Gasteiger partial charge < -0.3 is 5.73 Å². The summed E-state index contributed by atoms with van der Waals surface area (Å²) in [6.45, 7) is 0. The summed E-state index contributed by atoms with van der Waals surface area (Å²) in [6, 6.07) is -0.593. The van der Waals surface area contributed by atoms with Crippen LogP contribution in [0.5, 0.6) is 0 Å². The number of rotatable bonds is 3. The van der Waals surface area contributed by atoms with E-state index in [1.807, 2.05) is 0 Å². The van der Waals surface area contributed by atoms with E-state index in [0.717, 1.165) is 11.7 Å². The van der Waals surface area contributed by atoms with E-state index in [9.17, 15) is 17.2 Å². The molecule has 1 unspecified atom stereocenters. The van der Waals surface area contributed by atoms with Gasteiger partial charge in [0.15, 0.2) is 9.84 Å². The summed E-state index contributed by atoms with van der Waals surface area (Å²) >= 11 is 0. The summed E-state index contributed by atoms with van der Waals surface area (Å²) in [6.07, 6.45) is 1.81. The number of nitrogens with two attached hydrogens (primary N) is 1. The molecule has 0 bridgehead atoms. The standard InChI is InChI=1S/C8H13F2NO2S/c1-14(12,13)3-2-7(11)6-4-8(9,10)5-6/h2-3,6-7H,4-5,11H2,1H3. The lowest BCUT2D eigenvalue weighted by Gasteiger charge is -2.37. The molecule has 1 atom stereocenters. The molecule has 1 aliphatic carbocycles. The first-order chi connectivity index (χ1) is 6.20. The highest BCUT2D eigenvalue weighted by molar-refractivity contribution is 7.93. The SMILES string of the molecule is CS(=O)(=O)C=CC(N)C1CC(F)(F)C1. The average Bonchev–Trinajstić information content (AvgIpc) is 1.94. The van der Waals surface area contributed by atoms with Gasteiger partial charge in [0.2, 0.25) is 5.92 Å². The van der Waals surface area contributed by atoms with Crippen LogP contribution in [0.2, 0.25) is 0 Å². The third-order valence-corrected chi connectivity index (χ3v) is 2.87. The molecular formula is C8H13F2NO2S. The molecule has 6 heteroatoms. The van der Waals surface area contributed by atoms with Gasteiger partial charge in [0.25, 0.3) is 0 Å². The third-order valence-electron chi connectivity index (χ3n) is 2.21. The van der Waals surface area contributed by atoms with Crippen LogP contribution in [0.4, 0.5) is 8.78 Å². The predicted octanol–water partition coefficient (Wildman–Crippen LogP) is 0.917. The van der Waals surface area contributed by atoms with E-state index in [1.54, 1.807) is 0 Å². The molecule has 14 heavy (non-hydrogen) atoms. The molecule has 0 aromatic carbocycles. The summed E-state index contributed by atoms with van der Waals surface area (Å²) < 4.78 is 46.3. The highest BCUT2D eigenvalue weighted by Crippen LogP contribution is 2.43.